The van der Waals surface area contributed by atoms with Crippen LogP contribution in [0.1, 0.15) is 277 Å². The van der Waals surface area contributed by atoms with Gasteiger partial charge in [-0.3, -0.25) is 4.79 Å². The Labute approximate surface area is 368 Å². The highest BCUT2D eigenvalue weighted by Crippen LogP contribution is 2.17. The van der Waals surface area contributed by atoms with Crippen molar-refractivity contribution >= 4 is 5.91 Å². The van der Waals surface area contributed by atoms with Crippen LogP contribution in [0.2, 0.25) is 0 Å². The zero-order valence-corrected chi connectivity index (χ0v) is 39.6. The van der Waals surface area contributed by atoms with Crippen molar-refractivity contribution in [2.45, 2.75) is 295 Å². The Morgan fingerprint density at radius 1 is 0.407 bits per heavy atom. The first kappa shape index (κ1) is 57.6. The third-order valence-corrected chi connectivity index (χ3v) is 12.2. The van der Waals surface area contributed by atoms with Crippen LogP contribution in [0.25, 0.3) is 0 Å². The van der Waals surface area contributed by atoms with Gasteiger partial charge in [0, 0.05) is 0 Å². The van der Waals surface area contributed by atoms with Gasteiger partial charge in [-0.2, -0.15) is 0 Å². The number of carbonyl (C=O) groups is 1. The van der Waals surface area contributed by atoms with Gasteiger partial charge in [0.15, 0.2) is 0 Å². The molecular weight excluding hydrogens is 727 g/mol. The van der Waals surface area contributed by atoms with E-state index in [0.717, 1.165) is 44.9 Å². The highest BCUT2D eigenvalue weighted by Gasteiger charge is 2.22. The molecular formula is C54H103NO4. The van der Waals surface area contributed by atoms with E-state index in [0.29, 0.717) is 6.42 Å². The number of hydrogen-bond acceptors (Lipinski definition) is 4. The summed E-state index contributed by atoms with van der Waals surface area (Å²) < 4.78 is 0. The number of carbonyl (C=O) groups excluding carboxylic acids is 1. The van der Waals surface area contributed by atoms with Gasteiger partial charge in [-0.25, -0.2) is 0 Å². The normalized spacial score (nSPS) is 13.6. The summed E-state index contributed by atoms with van der Waals surface area (Å²) in [5.41, 5.74) is 0. The molecule has 348 valence electrons. The maximum Gasteiger partial charge on any atom is 0.249 e. The third kappa shape index (κ3) is 44.4. The first-order valence-electron chi connectivity index (χ1n) is 26.3. The van der Waals surface area contributed by atoms with Crippen LogP contribution in [0.3, 0.4) is 0 Å². The summed E-state index contributed by atoms with van der Waals surface area (Å²) in [5.74, 6) is -0.513. The lowest BCUT2D eigenvalue weighted by molar-refractivity contribution is -0.131. The molecule has 0 aliphatic carbocycles. The molecule has 0 radical (unpaired) electrons. The molecule has 0 aliphatic heterocycles. The summed E-state index contributed by atoms with van der Waals surface area (Å²) in [6.07, 6.45) is 63.5. The van der Waals surface area contributed by atoms with Crippen molar-refractivity contribution in [3.63, 3.8) is 0 Å². The molecule has 0 saturated carbocycles. The monoisotopic (exact) mass is 830 g/mol. The van der Waals surface area contributed by atoms with Crippen LogP contribution in [0.15, 0.2) is 36.5 Å². The average molecular weight is 830 g/mol. The molecule has 0 spiro atoms. The standard InChI is InChI=1S/C54H103NO4/c1-3-5-7-9-11-13-15-17-19-21-23-25-26-27-29-31-33-35-37-39-41-43-45-47-49-53(58)54(59)55-51(50-56)52(57)48-46-44-42-40-38-36-34-32-30-28-24-22-20-18-16-14-12-10-8-6-4-2/h30,32,38,40,46,48,51-53,56-58H,3-29,31,33-37,39,41-45,47,49-50H2,1-2H3,(H,55,59)/b32-30+,40-38+,48-46+. The Balaban J connectivity index is 3.64. The van der Waals surface area contributed by atoms with Crippen LogP contribution >= 0.6 is 0 Å². The molecule has 0 aromatic rings. The molecule has 0 saturated heterocycles. The second-order valence-electron chi connectivity index (χ2n) is 18.1. The highest BCUT2D eigenvalue weighted by atomic mass is 16.3. The van der Waals surface area contributed by atoms with Crippen molar-refractivity contribution in [3.8, 4) is 0 Å². The van der Waals surface area contributed by atoms with Gasteiger partial charge in [0.25, 0.3) is 0 Å². The molecule has 4 N–H and O–H groups in total. The quantitative estimate of drug-likeness (QED) is 0.0363. The summed E-state index contributed by atoms with van der Waals surface area (Å²) in [6, 6.07) is -0.819. The lowest BCUT2D eigenvalue weighted by Gasteiger charge is -2.21. The van der Waals surface area contributed by atoms with E-state index in [1.165, 1.54) is 212 Å². The van der Waals surface area contributed by atoms with E-state index < -0.39 is 24.2 Å². The van der Waals surface area contributed by atoms with E-state index in [2.05, 4.69) is 43.5 Å². The number of allylic oxidation sites excluding steroid dienone is 5. The molecule has 0 rings (SSSR count). The first-order valence-corrected chi connectivity index (χ1v) is 26.3. The van der Waals surface area contributed by atoms with E-state index in [9.17, 15) is 20.1 Å². The van der Waals surface area contributed by atoms with Gasteiger partial charge in [-0.05, 0) is 44.9 Å². The number of rotatable bonds is 48. The van der Waals surface area contributed by atoms with Gasteiger partial charge >= 0.3 is 0 Å². The van der Waals surface area contributed by atoms with Gasteiger partial charge < -0.3 is 20.6 Å². The average Bonchev–Trinajstić information content (AvgIpc) is 3.24. The smallest absolute Gasteiger partial charge is 0.249 e. The van der Waals surface area contributed by atoms with Gasteiger partial charge in [-0.1, -0.05) is 269 Å². The van der Waals surface area contributed by atoms with Gasteiger partial charge in [0.05, 0.1) is 18.8 Å². The molecule has 0 fully saturated rings. The zero-order valence-electron chi connectivity index (χ0n) is 39.6. The van der Waals surface area contributed by atoms with Crippen LogP contribution in [-0.2, 0) is 4.79 Å². The van der Waals surface area contributed by atoms with Crippen molar-refractivity contribution < 1.29 is 20.1 Å². The molecule has 5 nitrogen and oxygen atoms in total. The van der Waals surface area contributed by atoms with E-state index in [-0.39, 0.29) is 6.61 Å². The minimum absolute atomic E-state index is 0.379. The van der Waals surface area contributed by atoms with Crippen molar-refractivity contribution in [2.24, 2.45) is 0 Å². The number of nitrogens with one attached hydrogen (secondary N) is 1. The number of unbranched alkanes of at least 4 members (excludes halogenated alkanes) is 36. The minimum atomic E-state index is -1.11. The Morgan fingerprint density at radius 2 is 0.695 bits per heavy atom. The number of hydrogen-bond donors (Lipinski definition) is 4. The Kier molecular flexibility index (Phi) is 48.0. The molecule has 0 bridgehead atoms. The molecule has 5 heteroatoms. The molecule has 3 atom stereocenters. The maximum absolute atomic E-state index is 12.5. The fourth-order valence-electron chi connectivity index (χ4n) is 8.10. The number of aliphatic hydroxyl groups excluding tert-OH is 3. The van der Waals surface area contributed by atoms with Crippen molar-refractivity contribution in [2.75, 3.05) is 6.61 Å². The summed E-state index contributed by atoms with van der Waals surface area (Å²) in [7, 11) is 0. The Morgan fingerprint density at radius 3 is 1.03 bits per heavy atom. The van der Waals surface area contributed by atoms with E-state index >= 15 is 0 Å². The summed E-state index contributed by atoms with van der Waals surface area (Å²) in [6.45, 7) is 4.19. The van der Waals surface area contributed by atoms with Crippen LogP contribution in [0.5, 0.6) is 0 Å². The topological polar surface area (TPSA) is 89.8 Å². The number of amides is 1. The van der Waals surface area contributed by atoms with Crippen LogP contribution < -0.4 is 5.32 Å². The van der Waals surface area contributed by atoms with Gasteiger partial charge in [0.1, 0.15) is 6.10 Å². The first-order chi connectivity index (χ1) is 29.1. The van der Waals surface area contributed by atoms with Gasteiger partial charge in [-0.15, -0.1) is 0 Å². The summed E-state index contributed by atoms with van der Waals surface area (Å²) in [5, 5.41) is 33.3. The fraction of sp³-hybridized carbons (Fsp3) is 0.870. The molecule has 0 aliphatic rings. The second kappa shape index (κ2) is 49.2. The molecule has 59 heavy (non-hydrogen) atoms. The van der Waals surface area contributed by atoms with Crippen molar-refractivity contribution in [1.29, 1.82) is 0 Å². The van der Waals surface area contributed by atoms with Crippen LogP contribution in [-0.4, -0.2) is 46.1 Å². The zero-order chi connectivity index (χ0) is 43.0. The van der Waals surface area contributed by atoms with Crippen LogP contribution in [0, 0.1) is 0 Å². The summed E-state index contributed by atoms with van der Waals surface area (Å²) >= 11 is 0. The lowest BCUT2D eigenvalue weighted by Crippen LogP contribution is -2.48. The predicted molar refractivity (Wildman–Crippen MR) is 259 cm³/mol. The SMILES string of the molecule is CCCCCCCCCCCCC/C=C/CC/C=C/CC/C=C/C(O)C(CO)NC(=O)C(O)CCCCCCCCCCCCCCCCCCCCCCCCCC. The van der Waals surface area contributed by atoms with Crippen LogP contribution in [0.4, 0.5) is 0 Å². The maximum atomic E-state index is 12.5. The second-order valence-corrected chi connectivity index (χ2v) is 18.1. The molecule has 3 unspecified atom stereocenters. The molecule has 0 aromatic heterocycles. The Hall–Kier alpha value is -1.43. The minimum Gasteiger partial charge on any atom is -0.394 e. The molecule has 1 amide bonds. The highest BCUT2D eigenvalue weighted by molar-refractivity contribution is 5.80. The number of aliphatic hydroxyl groups is 3. The molecule has 0 heterocycles. The van der Waals surface area contributed by atoms with E-state index in [1.54, 1.807) is 6.08 Å². The van der Waals surface area contributed by atoms with Crippen molar-refractivity contribution in [3.05, 3.63) is 36.5 Å². The Bertz CT molecular complexity index is 916. The van der Waals surface area contributed by atoms with Gasteiger partial charge in [0.2, 0.25) is 5.91 Å². The van der Waals surface area contributed by atoms with E-state index in [4.69, 9.17) is 0 Å². The van der Waals surface area contributed by atoms with E-state index in [1.807, 2.05) is 6.08 Å². The molecule has 0 aromatic carbocycles. The lowest BCUT2D eigenvalue weighted by atomic mass is 10.0. The predicted octanol–water partition coefficient (Wildman–Crippen LogP) is 15.9. The summed E-state index contributed by atoms with van der Waals surface area (Å²) in [4.78, 5) is 12.5. The fourth-order valence-corrected chi connectivity index (χ4v) is 8.10. The van der Waals surface area contributed by atoms with Crippen molar-refractivity contribution in [1.82, 2.24) is 5.32 Å². The third-order valence-electron chi connectivity index (χ3n) is 12.2. The largest absolute Gasteiger partial charge is 0.394 e.